The molecule has 1 aromatic heterocycles. The van der Waals surface area contributed by atoms with Crippen molar-refractivity contribution in [2.75, 3.05) is 46.0 Å². The minimum Gasteiger partial charge on any atom is -0.491 e. The third-order valence-corrected chi connectivity index (χ3v) is 6.72. The Balaban J connectivity index is 1.67. The molecule has 0 saturated heterocycles. The van der Waals surface area contributed by atoms with Crippen LogP contribution in [0.4, 0.5) is 0 Å². The number of nitrogens with zero attached hydrogens (tertiary/aromatic N) is 2. The first-order valence-corrected chi connectivity index (χ1v) is 12.5. The van der Waals surface area contributed by atoms with E-state index in [9.17, 15) is 9.90 Å². The van der Waals surface area contributed by atoms with E-state index >= 15 is 0 Å². The van der Waals surface area contributed by atoms with Gasteiger partial charge in [-0.2, -0.15) is 0 Å². The number of hydrogen-bond donors (Lipinski definition) is 1. The van der Waals surface area contributed by atoms with Crippen LogP contribution in [-0.4, -0.2) is 72.9 Å². The quantitative estimate of drug-likeness (QED) is 0.355. The molecule has 0 saturated carbocycles. The molecule has 2 atom stereocenters. The smallest absolute Gasteiger partial charge is 0.237 e. The molecule has 6 nitrogen and oxygen atoms in total. The van der Waals surface area contributed by atoms with Crippen molar-refractivity contribution in [1.82, 2.24) is 9.80 Å². The van der Waals surface area contributed by atoms with E-state index in [-0.39, 0.29) is 25.1 Å². The molecule has 1 aromatic carbocycles. The molecule has 1 amide bonds. The van der Waals surface area contributed by atoms with Crippen LogP contribution in [0.5, 0.6) is 5.75 Å². The van der Waals surface area contributed by atoms with Gasteiger partial charge in [-0.05, 0) is 61.0 Å². The molecule has 2 heterocycles. The van der Waals surface area contributed by atoms with E-state index in [2.05, 4.69) is 24.9 Å². The van der Waals surface area contributed by atoms with Gasteiger partial charge in [-0.15, -0.1) is 17.9 Å². The van der Waals surface area contributed by atoms with Crippen molar-refractivity contribution in [2.24, 2.45) is 0 Å². The summed E-state index contributed by atoms with van der Waals surface area (Å²) in [6.07, 6.45) is 2.79. The number of aliphatic hydroxyl groups excluding tert-OH is 1. The summed E-state index contributed by atoms with van der Waals surface area (Å²) in [6.45, 7) is 10.9. The second kappa shape index (κ2) is 12.9. The number of ether oxygens (including phenoxy) is 2. The average molecular weight is 473 g/mol. The van der Waals surface area contributed by atoms with Gasteiger partial charge in [0.05, 0.1) is 31.9 Å². The zero-order valence-electron chi connectivity index (χ0n) is 19.7. The highest BCUT2D eigenvalue weighted by Gasteiger charge is 2.33. The predicted molar refractivity (Wildman–Crippen MR) is 133 cm³/mol. The Morgan fingerprint density at radius 3 is 3.03 bits per heavy atom. The van der Waals surface area contributed by atoms with E-state index < -0.39 is 6.10 Å². The Labute approximate surface area is 201 Å². The molecular formula is C26H36N2O4S. The van der Waals surface area contributed by atoms with E-state index in [1.54, 1.807) is 17.4 Å². The van der Waals surface area contributed by atoms with Gasteiger partial charge >= 0.3 is 0 Å². The van der Waals surface area contributed by atoms with Crippen LogP contribution >= 0.6 is 11.3 Å². The first-order valence-electron chi connectivity index (χ1n) is 11.7. The zero-order valence-corrected chi connectivity index (χ0v) is 20.6. The number of carbonyl (C=O) groups is 1. The van der Waals surface area contributed by atoms with Crippen LogP contribution in [0.2, 0.25) is 0 Å². The van der Waals surface area contributed by atoms with Gasteiger partial charge in [0.1, 0.15) is 12.4 Å². The Bertz CT molecular complexity index is 900. The lowest BCUT2D eigenvalue weighted by Gasteiger charge is -2.37. The Morgan fingerprint density at radius 2 is 2.27 bits per heavy atom. The van der Waals surface area contributed by atoms with Crippen molar-refractivity contribution in [3.63, 3.8) is 0 Å². The molecule has 0 aliphatic carbocycles. The van der Waals surface area contributed by atoms with Crippen molar-refractivity contribution in [3.8, 4) is 5.75 Å². The van der Waals surface area contributed by atoms with Crippen LogP contribution < -0.4 is 4.74 Å². The molecule has 2 aromatic rings. The standard InChI is InChI=1S/C26H36N2O4S/c1-4-11-27(16-21(29)18-31-13-5-2)17-26(30)28-12-9-25-23(10-14-33-25)24(28)19-32-22-8-6-7-20(3)15-22/h5-8,10,14-15,21,24,29H,2,4,9,11-13,16-19H2,1,3H3/t21-,24-/m0/s1. The molecule has 1 aliphatic rings. The molecule has 7 heteroatoms. The van der Waals surface area contributed by atoms with Crippen LogP contribution in [0, 0.1) is 6.92 Å². The summed E-state index contributed by atoms with van der Waals surface area (Å²) in [5.74, 6) is 0.886. The van der Waals surface area contributed by atoms with Crippen molar-refractivity contribution in [1.29, 1.82) is 0 Å². The number of benzene rings is 1. The second-order valence-corrected chi connectivity index (χ2v) is 9.50. The summed E-state index contributed by atoms with van der Waals surface area (Å²) in [5.41, 5.74) is 2.33. The van der Waals surface area contributed by atoms with Gasteiger partial charge in [0.2, 0.25) is 5.91 Å². The van der Waals surface area contributed by atoms with Gasteiger partial charge in [0, 0.05) is 18.0 Å². The SMILES string of the molecule is C=CCOC[C@@H](O)CN(CCC)CC(=O)N1CCc2sccc2[C@@H]1COc1cccc(C)c1. The minimum absolute atomic E-state index is 0.0670. The number of amides is 1. The van der Waals surface area contributed by atoms with Gasteiger partial charge in [-0.1, -0.05) is 25.1 Å². The Kier molecular flexibility index (Phi) is 9.94. The van der Waals surface area contributed by atoms with Crippen molar-refractivity contribution in [3.05, 3.63) is 64.4 Å². The van der Waals surface area contributed by atoms with Crippen molar-refractivity contribution >= 4 is 17.2 Å². The summed E-state index contributed by atoms with van der Waals surface area (Å²) in [6, 6.07) is 10.0. The number of carbonyl (C=O) groups excluding carboxylic acids is 1. The van der Waals surface area contributed by atoms with E-state index in [1.165, 1.54) is 10.4 Å². The number of aliphatic hydroxyl groups is 1. The highest BCUT2D eigenvalue weighted by Crippen LogP contribution is 2.34. The monoisotopic (exact) mass is 472 g/mol. The number of aryl methyl sites for hydroxylation is 1. The normalized spacial score (nSPS) is 16.5. The van der Waals surface area contributed by atoms with Crippen molar-refractivity contribution < 1.29 is 19.4 Å². The molecule has 0 spiro atoms. The van der Waals surface area contributed by atoms with E-state index in [1.807, 2.05) is 41.0 Å². The molecule has 180 valence electrons. The molecule has 0 bridgehead atoms. The van der Waals surface area contributed by atoms with Gasteiger partial charge in [0.25, 0.3) is 0 Å². The molecule has 0 unspecified atom stereocenters. The summed E-state index contributed by atoms with van der Waals surface area (Å²) in [4.78, 5) is 18.7. The maximum atomic E-state index is 13.4. The third-order valence-electron chi connectivity index (χ3n) is 5.73. The van der Waals surface area contributed by atoms with Crippen LogP contribution in [0.25, 0.3) is 0 Å². The fourth-order valence-corrected chi connectivity index (χ4v) is 5.15. The summed E-state index contributed by atoms with van der Waals surface area (Å²) < 4.78 is 11.5. The fraction of sp³-hybridized carbons (Fsp3) is 0.500. The first-order chi connectivity index (χ1) is 16.0. The zero-order chi connectivity index (χ0) is 23.6. The molecular weight excluding hydrogens is 436 g/mol. The van der Waals surface area contributed by atoms with Gasteiger partial charge < -0.3 is 19.5 Å². The van der Waals surface area contributed by atoms with Crippen molar-refractivity contribution in [2.45, 2.75) is 38.8 Å². The summed E-state index contributed by atoms with van der Waals surface area (Å²) in [5, 5.41) is 12.4. The Morgan fingerprint density at radius 1 is 1.42 bits per heavy atom. The van der Waals surface area contributed by atoms with Gasteiger partial charge in [-0.3, -0.25) is 9.69 Å². The lowest BCUT2D eigenvalue weighted by atomic mass is 10.0. The van der Waals surface area contributed by atoms with E-state index in [0.717, 1.165) is 30.7 Å². The maximum Gasteiger partial charge on any atom is 0.237 e. The molecule has 1 N–H and O–H groups in total. The summed E-state index contributed by atoms with van der Waals surface area (Å²) in [7, 11) is 0. The summed E-state index contributed by atoms with van der Waals surface area (Å²) >= 11 is 1.75. The molecule has 0 fully saturated rings. The number of hydrogen-bond acceptors (Lipinski definition) is 6. The maximum absolute atomic E-state index is 13.4. The molecule has 3 rings (SSSR count). The number of thiophene rings is 1. The van der Waals surface area contributed by atoms with Crippen LogP contribution in [0.1, 0.15) is 35.4 Å². The topological polar surface area (TPSA) is 62.2 Å². The fourth-order valence-electron chi connectivity index (χ4n) is 4.23. The average Bonchev–Trinajstić information content (AvgIpc) is 3.27. The van der Waals surface area contributed by atoms with Gasteiger partial charge in [0.15, 0.2) is 0 Å². The molecule has 1 aliphatic heterocycles. The highest BCUT2D eigenvalue weighted by atomic mass is 32.1. The largest absolute Gasteiger partial charge is 0.491 e. The lowest BCUT2D eigenvalue weighted by molar-refractivity contribution is -0.136. The van der Waals surface area contributed by atoms with Crippen LogP contribution in [-0.2, 0) is 16.0 Å². The van der Waals surface area contributed by atoms with Crippen LogP contribution in [0.15, 0.2) is 48.4 Å². The number of fused-ring (bicyclic) bond motifs is 1. The van der Waals surface area contributed by atoms with E-state index in [4.69, 9.17) is 9.47 Å². The van der Waals surface area contributed by atoms with Gasteiger partial charge in [-0.25, -0.2) is 0 Å². The van der Waals surface area contributed by atoms with Crippen LogP contribution in [0.3, 0.4) is 0 Å². The second-order valence-electron chi connectivity index (χ2n) is 8.49. The molecule has 33 heavy (non-hydrogen) atoms. The number of rotatable bonds is 13. The molecule has 0 radical (unpaired) electrons. The third kappa shape index (κ3) is 7.40. The van der Waals surface area contributed by atoms with E-state index in [0.29, 0.717) is 26.3 Å². The Hall–Kier alpha value is -2.19. The predicted octanol–water partition coefficient (Wildman–Crippen LogP) is 3.84. The first kappa shape index (κ1) is 25.4. The lowest BCUT2D eigenvalue weighted by Crippen LogP contribution is -2.48. The highest BCUT2D eigenvalue weighted by molar-refractivity contribution is 7.10. The minimum atomic E-state index is -0.644.